The molecule has 0 saturated heterocycles. The fraction of sp³-hybridized carbons (Fsp3) is 0.143. The van der Waals surface area contributed by atoms with Crippen LogP contribution in [0, 0.1) is 10.1 Å². The summed E-state index contributed by atoms with van der Waals surface area (Å²) in [5.74, 6) is 0.688. The number of hydrogen-bond donors (Lipinski definition) is 1. The Hall–Kier alpha value is -2.96. The number of pyridine rings is 1. The lowest BCUT2D eigenvalue weighted by Gasteiger charge is -2.08. The van der Waals surface area contributed by atoms with Crippen molar-refractivity contribution in [3.63, 3.8) is 0 Å². The van der Waals surface area contributed by atoms with Gasteiger partial charge in [0, 0.05) is 36.1 Å². The molecule has 21 heavy (non-hydrogen) atoms. The van der Waals surface area contributed by atoms with Crippen LogP contribution in [0.1, 0.15) is 6.92 Å². The Balaban J connectivity index is 2.23. The van der Waals surface area contributed by atoms with Crippen LogP contribution in [0.5, 0.6) is 0 Å². The Morgan fingerprint density at radius 3 is 2.86 bits per heavy atom. The highest BCUT2D eigenvalue weighted by molar-refractivity contribution is 5.83. The molecular weight excluding hydrogens is 270 g/mol. The maximum Gasteiger partial charge on any atom is 0.271 e. The number of nitro groups is 1. The Bertz CT molecular complexity index is 840. The van der Waals surface area contributed by atoms with Crippen molar-refractivity contribution >= 4 is 22.4 Å². The summed E-state index contributed by atoms with van der Waals surface area (Å²) in [5, 5.41) is 10.8. The third-order valence-electron chi connectivity index (χ3n) is 3.35. The molecule has 0 unspecified atom stereocenters. The SMILES string of the molecule is CCn1c(-c2ccc([N+](=O)[O-])cc2N)nc2cnccc21. The Kier molecular flexibility index (Phi) is 3.02. The number of nitrogens with two attached hydrogens (primary N) is 1. The molecule has 2 heterocycles. The van der Waals surface area contributed by atoms with E-state index in [4.69, 9.17) is 5.73 Å². The molecule has 7 nitrogen and oxygen atoms in total. The minimum Gasteiger partial charge on any atom is -0.398 e. The molecule has 0 aliphatic rings. The molecule has 106 valence electrons. The van der Waals surface area contributed by atoms with Gasteiger partial charge in [0.1, 0.15) is 11.3 Å². The van der Waals surface area contributed by atoms with Gasteiger partial charge in [-0.15, -0.1) is 0 Å². The van der Waals surface area contributed by atoms with Gasteiger partial charge in [0.15, 0.2) is 0 Å². The average molecular weight is 283 g/mol. The summed E-state index contributed by atoms with van der Waals surface area (Å²) in [6.45, 7) is 2.72. The third kappa shape index (κ3) is 2.08. The molecular formula is C14H13N5O2. The van der Waals surface area contributed by atoms with Crippen LogP contribution in [0.4, 0.5) is 11.4 Å². The van der Waals surface area contributed by atoms with Crippen molar-refractivity contribution in [2.45, 2.75) is 13.5 Å². The molecule has 0 amide bonds. The molecule has 3 aromatic rings. The first-order valence-electron chi connectivity index (χ1n) is 6.46. The van der Waals surface area contributed by atoms with Gasteiger partial charge in [-0.25, -0.2) is 4.98 Å². The number of anilines is 1. The first-order chi connectivity index (χ1) is 10.1. The number of imidazole rings is 1. The van der Waals surface area contributed by atoms with E-state index in [1.165, 1.54) is 12.1 Å². The molecule has 0 spiro atoms. The number of benzene rings is 1. The van der Waals surface area contributed by atoms with Crippen molar-refractivity contribution < 1.29 is 4.92 Å². The van der Waals surface area contributed by atoms with E-state index in [9.17, 15) is 10.1 Å². The van der Waals surface area contributed by atoms with Crippen LogP contribution in [0.2, 0.25) is 0 Å². The van der Waals surface area contributed by atoms with Crippen LogP contribution in [-0.2, 0) is 6.54 Å². The highest BCUT2D eigenvalue weighted by Crippen LogP contribution is 2.31. The molecule has 2 aromatic heterocycles. The number of rotatable bonds is 3. The van der Waals surface area contributed by atoms with E-state index in [0.717, 1.165) is 11.0 Å². The van der Waals surface area contributed by atoms with Crippen LogP contribution in [0.15, 0.2) is 36.7 Å². The van der Waals surface area contributed by atoms with Gasteiger partial charge < -0.3 is 10.3 Å². The van der Waals surface area contributed by atoms with Crippen LogP contribution in [-0.4, -0.2) is 19.5 Å². The van der Waals surface area contributed by atoms with Crippen LogP contribution in [0.3, 0.4) is 0 Å². The number of hydrogen-bond acceptors (Lipinski definition) is 5. The number of fused-ring (bicyclic) bond motifs is 1. The van der Waals surface area contributed by atoms with E-state index in [1.54, 1.807) is 18.5 Å². The van der Waals surface area contributed by atoms with E-state index < -0.39 is 4.92 Å². The predicted octanol–water partition coefficient (Wildman–Crippen LogP) is 2.61. The molecule has 0 saturated carbocycles. The molecule has 2 N–H and O–H groups in total. The molecule has 0 bridgehead atoms. The number of nitrogen functional groups attached to an aromatic ring is 1. The first-order valence-corrected chi connectivity index (χ1v) is 6.46. The van der Waals surface area contributed by atoms with Crippen molar-refractivity contribution in [1.29, 1.82) is 0 Å². The first kappa shape index (κ1) is 13.0. The zero-order valence-corrected chi connectivity index (χ0v) is 11.4. The van der Waals surface area contributed by atoms with Crippen molar-refractivity contribution in [2.75, 3.05) is 5.73 Å². The van der Waals surface area contributed by atoms with Gasteiger partial charge in [-0.3, -0.25) is 15.1 Å². The van der Waals surface area contributed by atoms with Crippen molar-refractivity contribution in [3.05, 3.63) is 46.8 Å². The van der Waals surface area contributed by atoms with Gasteiger partial charge in [0.2, 0.25) is 0 Å². The molecule has 7 heteroatoms. The number of nitro benzene ring substituents is 1. The minimum atomic E-state index is -0.465. The fourth-order valence-corrected chi connectivity index (χ4v) is 2.37. The molecule has 1 aromatic carbocycles. The highest BCUT2D eigenvalue weighted by atomic mass is 16.6. The van der Waals surface area contributed by atoms with Crippen molar-refractivity contribution in [1.82, 2.24) is 14.5 Å². The normalized spacial score (nSPS) is 10.9. The molecule has 0 fully saturated rings. The molecule has 3 rings (SSSR count). The molecule has 0 aliphatic heterocycles. The van der Waals surface area contributed by atoms with E-state index >= 15 is 0 Å². The summed E-state index contributed by atoms with van der Waals surface area (Å²) in [7, 11) is 0. The maximum atomic E-state index is 10.8. The lowest BCUT2D eigenvalue weighted by molar-refractivity contribution is -0.384. The van der Waals surface area contributed by atoms with Gasteiger partial charge >= 0.3 is 0 Å². The highest BCUT2D eigenvalue weighted by Gasteiger charge is 2.16. The van der Waals surface area contributed by atoms with Crippen LogP contribution < -0.4 is 5.73 Å². The number of aromatic nitrogens is 3. The number of aryl methyl sites for hydroxylation is 1. The standard InChI is InChI=1S/C14H13N5O2/c1-2-18-13-5-6-16-8-12(13)17-14(18)10-4-3-9(19(20)21)7-11(10)15/h3-8H,2,15H2,1H3. The smallest absolute Gasteiger partial charge is 0.271 e. The van der Waals surface area contributed by atoms with Crippen LogP contribution in [0.25, 0.3) is 22.4 Å². The van der Waals surface area contributed by atoms with Gasteiger partial charge in [0.25, 0.3) is 5.69 Å². The molecule has 0 atom stereocenters. The molecule has 0 radical (unpaired) electrons. The van der Waals surface area contributed by atoms with Gasteiger partial charge in [0.05, 0.1) is 16.6 Å². The van der Waals surface area contributed by atoms with Gasteiger partial charge in [-0.2, -0.15) is 0 Å². The summed E-state index contributed by atoms with van der Waals surface area (Å²) in [6, 6.07) is 6.31. The average Bonchev–Trinajstić information content (AvgIpc) is 2.85. The largest absolute Gasteiger partial charge is 0.398 e. The number of nitrogens with zero attached hydrogens (tertiary/aromatic N) is 4. The second-order valence-electron chi connectivity index (χ2n) is 4.57. The van der Waals surface area contributed by atoms with Gasteiger partial charge in [-0.05, 0) is 19.1 Å². The summed E-state index contributed by atoms with van der Waals surface area (Å²) < 4.78 is 2.01. The zero-order chi connectivity index (χ0) is 15.0. The third-order valence-corrected chi connectivity index (χ3v) is 3.35. The van der Waals surface area contributed by atoms with Crippen molar-refractivity contribution in [2.24, 2.45) is 0 Å². The second-order valence-corrected chi connectivity index (χ2v) is 4.57. The van der Waals surface area contributed by atoms with E-state index in [2.05, 4.69) is 9.97 Å². The summed E-state index contributed by atoms with van der Waals surface area (Å²) >= 11 is 0. The summed E-state index contributed by atoms with van der Waals surface area (Å²) in [5.41, 5.74) is 8.68. The van der Waals surface area contributed by atoms with Gasteiger partial charge in [-0.1, -0.05) is 0 Å². The second kappa shape index (κ2) is 4.86. The van der Waals surface area contributed by atoms with E-state index in [1.807, 2.05) is 17.6 Å². The Labute approximate surface area is 120 Å². The minimum absolute atomic E-state index is 0.0305. The van der Waals surface area contributed by atoms with E-state index in [-0.39, 0.29) is 5.69 Å². The molecule has 0 aliphatic carbocycles. The van der Waals surface area contributed by atoms with E-state index in [0.29, 0.717) is 23.6 Å². The Morgan fingerprint density at radius 1 is 1.38 bits per heavy atom. The lowest BCUT2D eigenvalue weighted by atomic mass is 10.1. The monoisotopic (exact) mass is 283 g/mol. The summed E-state index contributed by atoms with van der Waals surface area (Å²) in [6.07, 6.45) is 3.39. The topological polar surface area (TPSA) is 99.9 Å². The number of non-ortho nitro benzene ring substituents is 1. The quantitative estimate of drug-likeness (QED) is 0.452. The predicted molar refractivity (Wildman–Crippen MR) is 79.7 cm³/mol. The Morgan fingerprint density at radius 2 is 2.19 bits per heavy atom. The lowest BCUT2D eigenvalue weighted by Crippen LogP contribution is -2.01. The maximum absolute atomic E-state index is 10.8. The van der Waals surface area contributed by atoms with Crippen LogP contribution >= 0.6 is 0 Å². The summed E-state index contributed by atoms with van der Waals surface area (Å²) in [4.78, 5) is 18.9. The fourth-order valence-electron chi connectivity index (χ4n) is 2.37. The zero-order valence-electron chi connectivity index (χ0n) is 11.4. The van der Waals surface area contributed by atoms with Crippen molar-refractivity contribution in [3.8, 4) is 11.4 Å².